The van der Waals surface area contributed by atoms with Gasteiger partial charge in [-0.2, -0.15) is 5.10 Å². The fourth-order valence-corrected chi connectivity index (χ4v) is 11.0. The first-order valence-corrected chi connectivity index (χ1v) is 18.2. The Labute approximate surface area is 284 Å². The van der Waals surface area contributed by atoms with Gasteiger partial charge in [-0.05, 0) is 110 Å². The fraction of sp³-hybridized carbons (Fsp3) is 0.595. The number of ether oxygens (including phenoxy) is 1. The Hall–Kier alpha value is -3.31. The molecule has 4 saturated carbocycles. The smallest absolute Gasteiger partial charge is 0.309 e. The van der Waals surface area contributed by atoms with Gasteiger partial charge in [0, 0.05) is 23.8 Å². The van der Waals surface area contributed by atoms with E-state index in [2.05, 4.69) is 19.9 Å². The number of ketones is 1. The van der Waals surface area contributed by atoms with Crippen LogP contribution in [0, 0.1) is 40.4 Å². The summed E-state index contributed by atoms with van der Waals surface area (Å²) in [6.45, 7) is 6.46. The van der Waals surface area contributed by atoms with Gasteiger partial charge in [0.15, 0.2) is 11.4 Å². The number of primary amides is 1. The first kappa shape index (κ1) is 33.2. The Kier molecular flexibility index (Phi) is 8.25. The van der Waals surface area contributed by atoms with E-state index in [1.54, 1.807) is 12.1 Å². The highest BCUT2D eigenvalue weighted by Gasteiger charge is 2.71. The number of esters is 1. The summed E-state index contributed by atoms with van der Waals surface area (Å²) in [5.41, 5.74) is 7.12. The van der Waals surface area contributed by atoms with E-state index < -0.39 is 34.1 Å². The van der Waals surface area contributed by atoms with Crippen molar-refractivity contribution in [3.05, 3.63) is 52.9 Å². The van der Waals surface area contributed by atoms with Crippen molar-refractivity contribution in [3.63, 3.8) is 0 Å². The summed E-state index contributed by atoms with van der Waals surface area (Å²) in [5, 5.41) is 16.5. The van der Waals surface area contributed by atoms with Gasteiger partial charge in [0.2, 0.25) is 11.0 Å². The monoisotopic (exact) mass is 677 g/mol. The third kappa shape index (κ3) is 5.09. The minimum atomic E-state index is -1.45. The van der Waals surface area contributed by atoms with Gasteiger partial charge in [0.05, 0.1) is 29.6 Å². The predicted octanol–water partition coefficient (Wildman–Crippen LogP) is 5.60. The van der Waals surface area contributed by atoms with E-state index in [-0.39, 0.29) is 59.6 Å². The number of benzene rings is 1. The van der Waals surface area contributed by atoms with Crippen LogP contribution < -0.4 is 5.73 Å². The Bertz CT molecular complexity index is 1720. The van der Waals surface area contributed by atoms with E-state index >= 15 is 0 Å². The number of hydrogen-bond acceptors (Lipinski definition) is 8. The summed E-state index contributed by atoms with van der Waals surface area (Å²) in [6, 6.07) is 6.35. The van der Waals surface area contributed by atoms with E-state index in [4.69, 9.17) is 15.6 Å². The highest BCUT2D eigenvalue weighted by atomic mass is 32.2. The number of halogens is 1. The molecule has 5 aliphatic rings. The minimum absolute atomic E-state index is 0.00366. The molecule has 3 N–H and O–H groups in total. The zero-order valence-corrected chi connectivity index (χ0v) is 28.6. The minimum Gasteiger partial charge on any atom is -0.449 e. The molecule has 0 spiro atoms. The third-order valence-corrected chi connectivity index (χ3v) is 13.3. The van der Waals surface area contributed by atoms with Crippen LogP contribution in [0.4, 0.5) is 4.39 Å². The molecule has 0 bridgehead atoms. The van der Waals surface area contributed by atoms with Gasteiger partial charge in [-0.25, -0.2) is 9.07 Å². The summed E-state index contributed by atoms with van der Waals surface area (Å²) in [6.07, 6.45) is 7.69. The molecule has 5 aliphatic carbocycles. The molecule has 1 heterocycles. The van der Waals surface area contributed by atoms with E-state index in [1.165, 1.54) is 5.57 Å². The molecule has 1 aromatic carbocycles. The van der Waals surface area contributed by atoms with Crippen molar-refractivity contribution < 1.29 is 33.4 Å². The van der Waals surface area contributed by atoms with Crippen LogP contribution in [-0.4, -0.2) is 55.4 Å². The number of allylic oxidation sites excluding steroid dienone is 1. The number of aliphatic hydroxyl groups is 1. The Morgan fingerprint density at radius 3 is 2.65 bits per heavy atom. The molecule has 9 nitrogen and oxygen atoms in total. The predicted molar refractivity (Wildman–Crippen MR) is 178 cm³/mol. The van der Waals surface area contributed by atoms with Crippen LogP contribution in [0.1, 0.15) is 93.8 Å². The van der Waals surface area contributed by atoms with Crippen LogP contribution in [0.15, 0.2) is 36.0 Å². The molecule has 0 saturated heterocycles. The molecule has 48 heavy (non-hydrogen) atoms. The first-order valence-electron chi connectivity index (χ1n) is 17.2. The third-order valence-electron chi connectivity index (χ3n) is 12.6. The molecule has 256 valence electrons. The number of aliphatic hydroxyl groups excluding tert-OH is 1. The van der Waals surface area contributed by atoms with Gasteiger partial charge in [0.1, 0.15) is 6.01 Å². The number of thioether (sulfide) groups is 1. The number of nitrogens with two attached hydrogens (primary N) is 1. The Morgan fingerprint density at radius 1 is 1.17 bits per heavy atom. The second-order valence-corrected chi connectivity index (χ2v) is 16.2. The molecule has 0 unspecified atom stereocenters. The van der Waals surface area contributed by atoms with Crippen molar-refractivity contribution >= 4 is 40.6 Å². The van der Waals surface area contributed by atoms with Crippen LogP contribution in [0.25, 0.3) is 11.8 Å². The SMILES string of the molecule is C[C@H]1C[C@@H]2[C@H]([C@@H](O)C[C@@]3(C)[C@H]2CC[C@]3(OC(=O)C2CC2)C(=O)SCF)[C@@]2(C)Cc3cnn(-c4cccc(C(=O)CCC(N)=O)c4)c3C=C12. The molecule has 2 aromatic rings. The van der Waals surface area contributed by atoms with Crippen LogP contribution >= 0.6 is 11.8 Å². The number of alkyl halides is 1. The molecule has 11 heteroatoms. The summed E-state index contributed by atoms with van der Waals surface area (Å²) < 4.78 is 21.6. The largest absolute Gasteiger partial charge is 0.449 e. The van der Waals surface area contributed by atoms with Crippen LogP contribution in [0.2, 0.25) is 0 Å². The van der Waals surface area contributed by atoms with Gasteiger partial charge in [-0.3, -0.25) is 19.2 Å². The molecule has 1 amide bonds. The summed E-state index contributed by atoms with van der Waals surface area (Å²) >= 11 is 0.583. The van der Waals surface area contributed by atoms with E-state index in [9.17, 15) is 28.7 Å². The van der Waals surface area contributed by atoms with Crippen molar-refractivity contribution in [1.82, 2.24) is 9.78 Å². The van der Waals surface area contributed by atoms with Gasteiger partial charge < -0.3 is 15.6 Å². The maximum Gasteiger partial charge on any atom is 0.309 e. The first-order chi connectivity index (χ1) is 22.8. The average Bonchev–Trinajstić information content (AvgIpc) is 3.75. The second-order valence-electron chi connectivity index (χ2n) is 15.3. The number of Topliss-reactive ketones (excluding diaryl/α,β-unsaturated/α-hetero) is 1. The van der Waals surface area contributed by atoms with Gasteiger partial charge in [-0.15, -0.1) is 0 Å². The molecule has 0 aliphatic heterocycles. The van der Waals surface area contributed by atoms with Crippen LogP contribution in [0.5, 0.6) is 0 Å². The normalized spacial score (nSPS) is 35.0. The average molecular weight is 678 g/mol. The number of carbonyl (C=O) groups excluding carboxylic acids is 4. The maximum absolute atomic E-state index is 13.7. The lowest BCUT2D eigenvalue weighted by Crippen LogP contribution is -2.63. The molecular formula is C37H44FN3O6S. The van der Waals surface area contributed by atoms with E-state index in [1.807, 2.05) is 29.9 Å². The molecule has 8 atom stereocenters. The summed E-state index contributed by atoms with van der Waals surface area (Å²) in [4.78, 5) is 50.8. The van der Waals surface area contributed by atoms with Crippen molar-refractivity contribution in [3.8, 4) is 5.69 Å². The number of hydrogen-bond donors (Lipinski definition) is 2. The van der Waals surface area contributed by atoms with E-state index in [0.29, 0.717) is 43.0 Å². The maximum atomic E-state index is 13.7. The van der Waals surface area contributed by atoms with Gasteiger partial charge in [0.25, 0.3) is 0 Å². The lowest BCUT2D eigenvalue weighted by Gasteiger charge is -2.61. The fourth-order valence-electron chi connectivity index (χ4n) is 10.3. The van der Waals surface area contributed by atoms with Crippen molar-refractivity contribution in [2.45, 2.75) is 90.3 Å². The van der Waals surface area contributed by atoms with Crippen LogP contribution in [-0.2, 0) is 25.5 Å². The zero-order chi connectivity index (χ0) is 34.2. The topological polar surface area (TPSA) is 142 Å². The number of aromatic nitrogens is 2. The molecule has 1 aromatic heterocycles. The number of rotatable bonds is 9. The Balaban J connectivity index is 1.21. The Morgan fingerprint density at radius 2 is 1.94 bits per heavy atom. The molecule has 4 fully saturated rings. The number of nitrogens with zero attached hydrogens (tertiary/aromatic N) is 2. The highest BCUT2D eigenvalue weighted by molar-refractivity contribution is 8.13. The molecular weight excluding hydrogens is 633 g/mol. The lowest BCUT2D eigenvalue weighted by molar-refractivity contribution is -0.198. The highest BCUT2D eigenvalue weighted by Crippen LogP contribution is 2.69. The molecule has 0 radical (unpaired) electrons. The quantitative estimate of drug-likeness (QED) is 0.258. The number of carbonyl (C=O) groups is 4. The van der Waals surface area contributed by atoms with Gasteiger partial charge in [-0.1, -0.05) is 38.5 Å². The van der Waals surface area contributed by atoms with Crippen molar-refractivity contribution in [2.24, 2.45) is 46.2 Å². The van der Waals surface area contributed by atoms with Crippen LogP contribution in [0.3, 0.4) is 0 Å². The van der Waals surface area contributed by atoms with E-state index in [0.717, 1.165) is 36.2 Å². The van der Waals surface area contributed by atoms with Gasteiger partial charge >= 0.3 is 5.97 Å². The van der Waals surface area contributed by atoms with Crippen molar-refractivity contribution in [2.75, 3.05) is 6.01 Å². The lowest BCUT2D eigenvalue weighted by atomic mass is 9.44. The van der Waals surface area contributed by atoms with Crippen molar-refractivity contribution in [1.29, 1.82) is 0 Å². The summed E-state index contributed by atoms with van der Waals surface area (Å²) in [5.74, 6) is -1.03. The number of amides is 1. The summed E-state index contributed by atoms with van der Waals surface area (Å²) in [7, 11) is 0. The standard InChI is InChI=1S/C37H44FN3O6S/c1-20-13-25-26-11-12-37(34(46)48-19-38,47-33(45)21-7-8-21)36(26,3)17-30(43)32(25)35(2)16-23-18-40-41(28(23)15-27(20)35)24-6-4-5-22(14-24)29(42)9-10-31(39)44/h4-6,14-15,18,20-21,25-26,30,32,43H,7-13,16-17,19H2,1-3H3,(H2,39,44)/t20-,25-,26-,30-,32+,35-,36-,37-/m0/s1. The zero-order valence-electron chi connectivity index (χ0n) is 27.7. The molecule has 7 rings (SSSR count). The second kappa shape index (κ2) is 11.9. The number of fused-ring (bicyclic) bond motifs is 6.